The average molecular weight is 441 g/mol. The van der Waals surface area contributed by atoms with Crippen LogP contribution < -0.4 is 15.8 Å². The fourth-order valence-corrected chi connectivity index (χ4v) is 4.81. The van der Waals surface area contributed by atoms with Crippen molar-refractivity contribution in [1.29, 1.82) is 0 Å². The molecule has 4 rings (SSSR count). The predicted octanol–water partition coefficient (Wildman–Crippen LogP) is 3.47. The molecule has 2 aromatic heterocycles. The third kappa shape index (κ3) is 5.10. The minimum Gasteiger partial charge on any atom is -0.352 e. The van der Waals surface area contributed by atoms with Gasteiger partial charge < -0.3 is 14.8 Å². The Hall–Kier alpha value is -2.81. The Kier molecular flexibility index (Phi) is 6.60. The molecule has 1 amide bonds. The van der Waals surface area contributed by atoms with Gasteiger partial charge in [0.2, 0.25) is 11.0 Å². The number of nitrogens with zero attached hydrogens (tertiary/aromatic N) is 5. The third-order valence-corrected chi connectivity index (χ3v) is 6.21. The fourth-order valence-electron chi connectivity index (χ4n) is 3.84. The molecule has 9 heteroatoms. The lowest BCUT2D eigenvalue weighted by Gasteiger charge is -2.27. The molecule has 0 saturated carbocycles. The maximum absolute atomic E-state index is 13.3. The van der Waals surface area contributed by atoms with Crippen molar-refractivity contribution in [3.05, 3.63) is 39.6 Å². The number of nitrogens with one attached hydrogen (secondary N) is 1. The van der Waals surface area contributed by atoms with Gasteiger partial charge in [-0.05, 0) is 37.3 Å². The van der Waals surface area contributed by atoms with Crippen LogP contribution in [0.2, 0.25) is 0 Å². The normalized spacial score (nSPS) is 14.4. The molecule has 0 unspecified atom stereocenters. The summed E-state index contributed by atoms with van der Waals surface area (Å²) in [5.74, 6) is 0.790. The number of carbonyl (C=O) groups excluding carboxylic acids is 1. The number of aryl methyl sites for hydroxylation is 1. The molecule has 0 spiro atoms. The average Bonchev–Trinajstić information content (AvgIpc) is 3.19. The Morgan fingerprint density at radius 2 is 1.94 bits per heavy atom. The van der Waals surface area contributed by atoms with Crippen LogP contribution in [-0.2, 0) is 17.8 Å². The zero-order chi connectivity index (χ0) is 21.8. The van der Waals surface area contributed by atoms with Gasteiger partial charge in [-0.15, -0.1) is 10.2 Å². The van der Waals surface area contributed by atoms with Crippen LogP contribution in [0.4, 0.5) is 10.9 Å². The molecule has 1 aliphatic heterocycles. The van der Waals surface area contributed by atoms with Gasteiger partial charge in [-0.2, -0.15) is 0 Å². The van der Waals surface area contributed by atoms with Crippen molar-refractivity contribution in [2.45, 2.75) is 52.5 Å². The van der Waals surface area contributed by atoms with Gasteiger partial charge in [0.05, 0.1) is 11.0 Å². The summed E-state index contributed by atoms with van der Waals surface area (Å²) in [6, 6.07) is 7.60. The lowest BCUT2D eigenvalue weighted by molar-refractivity contribution is -0.116. The second kappa shape index (κ2) is 9.55. The van der Waals surface area contributed by atoms with Crippen molar-refractivity contribution in [2.24, 2.45) is 5.92 Å². The van der Waals surface area contributed by atoms with E-state index in [1.807, 2.05) is 24.3 Å². The van der Waals surface area contributed by atoms with Gasteiger partial charge in [0.25, 0.3) is 5.56 Å². The number of amides is 1. The minimum atomic E-state index is -0.181. The van der Waals surface area contributed by atoms with Crippen LogP contribution in [-0.4, -0.2) is 38.7 Å². The Balaban J connectivity index is 1.52. The van der Waals surface area contributed by atoms with Crippen LogP contribution in [0.1, 0.15) is 44.5 Å². The third-order valence-electron chi connectivity index (χ3n) is 5.35. The summed E-state index contributed by atoms with van der Waals surface area (Å²) in [5, 5.41) is 12.4. The van der Waals surface area contributed by atoms with E-state index in [1.54, 1.807) is 4.57 Å². The zero-order valence-electron chi connectivity index (χ0n) is 18.0. The van der Waals surface area contributed by atoms with Gasteiger partial charge in [0, 0.05) is 32.5 Å². The fraction of sp³-hybridized carbons (Fsp3) is 0.500. The SMILES string of the molecule is CC(C)Cc1nnc(NC(=O)CCn2c(=O)c(N3CCCCC3)nc3ccccc32)s1. The second-order valence-electron chi connectivity index (χ2n) is 8.33. The number of carbonyl (C=O) groups is 1. The van der Waals surface area contributed by atoms with Crippen LogP contribution in [0.15, 0.2) is 29.1 Å². The van der Waals surface area contributed by atoms with E-state index in [2.05, 4.69) is 39.2 Å². The van der Waals surface area contributed by atoms with Gasteiger partial charge in [-0.3, -0.25) is 9.59 Å². The first-order valence-electron chi connectivity index (χ1n) is 10.9. The molecule has 3 heterocycles. The molecule has 3 aromatic rings. The molecule has 1 saturated heterocycles. The molecule has 1 aromatic carbocycles. The number of para-hydroxylation sites is 2. The Morgan fingerprint density at radius 3 is 2.71 bits per heavy atom. The van der Waals surface area contributed by atoms with E-state index in [1.165, 1.54) is 17.8 Å². The van der Waals surface area contributed by atoms with Gasteiger partial charge in [0.1, 0.15) is 5.01 Å². The van der Waals surface area contributed by atoms with Crippen molar-refractivity contribution in [3.63, 3.8) is 0 Å². The van der Waals surface area contributed by atoms with Gasteiger partial charge >= 0.3 is 0 Å². The van der Waals surface area contributed by atoms with Gasteiger partial charge in [-0.25, -0.2) is 4.98 Å². The van der Waals surface area contributed by atoms with E-state index in [0.717, 1.165) is 48.4 Å². The molecular weight excluding hydrogens is 412 g/mol. The molecule has 1 fully saturated rings. The van der Waals surface area contributed by atoms with Crippen LogP contribution in [0.25, 0.3) is 11.0 Å². The monoisotopic (exact) mass is 440 g/mol. The van der Waals surface area contributed by atoms with Crippen molar-refractivity contribution < 1.29 is 4.79 Å². The molecule has 8 nitrogen and oxygen atoms in total. The van der Waals surface area contributed by atoms with E-state index >= 15 is 0 Å². The smallest absolute Gasteiger partial charge is 0.294 e. The summed E-state index contributed by atoms with van der Waals surface area (Å²) in [6.45, 7) is 6.21. The van der Waals surface area contributed by atoms with Crippen LogP contribution >= 0.6 is 11.3 Å². The van der Waals surface area contributed by atoms with E-state index in [0.29, 0.717) is 16.9 Å². The maximum atomic E-state index is 13.3. The number of benzene rings is 1. The number of hydrogen-bond donors (Lipinski definition) is 1. The van der Waals surface area contributed by atoms with Crippen molar-refractivity contribution in [2.75, 3.05) is 23.3 Å². The molecule has 0 aliphatic carbocycles. The number of fused-ring (bicyclic) bond motifs is 1. The van der Waals surface area contributed by atoms with E-state index in [4.69, 9.17) is 0 Å². The lowest BCUT2D eigenvalue weighted by atomic mass is 10.1. The van der Waals surface area contributed by atoms with Crippen LogP contribution in [0.5, 0.6) is 0 Å². The number of aromatic nitrogens is 4. The topological polar surface area (TPSA) is 93.0 Å². The predicted molar refractivity (Wildman–Crippen MR) is 124 cm³/mol. The molecule has 1 N–H and O–H groups in total. The highest BCUT2D eigenvalue weighted by Crippen LogP contribution is 2.20. The molecule has 0 bridgehead atoms. The quantitative estimate of drug-likeness (QED) is 0.605. The van der Waals surface area contributed by atoms with Gasteiger partial charge in [-0.1, -0.05) is 37.3 Å². The number of anilines is 2. The maximum Gasteiger partial charge on any atom is 0.294 e. The van der Waals surface area contributed by atoms with E-state index in [-0.39, 0.29) is 24.4 Å². The lowest BCUT2D eigenvalue weighted by Crippen LogP contribution is -2.37. The first-order valence-corrected chi connectivity index (χ1v) is 11.7. The van der Waals surface area contributed by atoms with E-state index < -0.39 is 0 Å². The summed E-state index contributed by atoms with van der Waals surface area (Å²) in [6.07, 6.45) is 4.33. The highest BCUT2D eigenvalue weighted by atomic mass is 32.1. The highest BCUT2D eigenvalue weighted by molar-refractivity contribution is 7.15. The first kappa shape index (κ1) is 21.4. The second-order valence-corrected chi connectivity index (χ2v) is 9.39. The minimum absolute atomic E-state index is 0.136. The van der Waals surface area contributed by atoms with Crippen molar-refractivity contribution >= 4 is 39.2 Å². The Bertz CT molecular complexity index is 1120. The molecule has 1 aliphatic rings. The Morgan fingerprint density at radius 1 is 1.16 bits per heavy atom. The molecule has 164 valence electrons. The van der Waals surface area contributed by atoms with Crippen molar-refractivity contribution in [3.8, 4) is 0 Å². The summed E-state index contributed by atoms with van der Waals surface area (Å²) in [4.78, 5) is 32.5. The molecule has 0 radical (unpaired) electrons. The first-order chi connectivity index (χ1) is 15.0. The van der Waals surface area contributed by atoms with Crippen molar-refractivity contribution in [1.82, 2.24) is 19.7 Å². The molecule has 31 heavy (non-hydrogen) atoms. The summed E-state index contributed by atoms with van der Waals surface area (Å²) in [5.41, 5.74) is 1.38. The number of piperidine rings is 1. The standard InChI is InChI=1S/C22H28N6O2S/c1-15(2)14-19-25-26-22(31-19)24-18(29)10-13-28-17-9-5-4-8-16(17)23-20(21(28)30)27-11-6-3-7-12-27/h4-5,8-9,15H,3,6-7,10-14H2,1-2H3,(H,24,26,29). The van der Waals surface area contributed by atoms with Crippen LogP contribution in [0.3, 0.4) is 0 Å². The Labute approximate surface area is 185 Å². The van der Waals surface area contributed by atoms with E-state index in [9.17, 15) is 9.59 Å². The summed E-state index contributed by atoms with van der Waals surface area (Å²) >= 11 is 1.40. The highest BCUT2D eigenvalue weighted by Gasteiger charge is 2.19. The zero-order valence-corrected chi connectivity index (χ0v) is 18.8. The summed E-state index contributed by atoms with van der Waals surface area (Å²) < 4.78 is 1.68. The molecular formula is C22H28N6O2S. The number of rotatable bonds is 7. The largest absolute Gasteiger partial charge is 0.352 e. The number of hydrogen-bond acceptors (Lipinski definition) is 7. The van der Waals surface area contributed by atoms with Crippen LogP contribution in [0, 0.1) is 5.92 Å². The molecule has 0 atom stereocenters. The van der Waals surface area contributed by atoms with Gasteiger partial charge in [0.15, 0.2) is 5.82 Å². The summed E-state index contributed by atoms with van der Waals surface area (Å²) in [7, 11) is 0.